The van der Waals surface area contributed by atoms with Gasteiger partial charge in [-0.15, -0.1) is 12.4 Å². The van der Waals surface area contributed by atoms with Crippen LogP contribution in [0.1, 0.15) is 13.3 Å². The van der Waals surface area contributed by atoms with E-state index >= 15 is 0 Å². The van der Waals surface area contributed by atoms with Gasteiger partial charge in [-0.2, -0.15) is 0 Å². The monoisotopic (exact) mass is 311 g/mol. The van der Waals surface area contributed by atoms with Crippen molar-refractivity contribution < 1.29 is 4.79 Å². The predicted molar refractivity (Wildman–Crippen MR) is 90.2 cm³/mol. The van der Waals surface area contributed by atoms with Crippen LogP contribution in [0.5, 0.6) is 0 Å². The Bertz CT molecular complexity index is 427. The molecule has 2 rings (SSSR count). The van der Waals surface area contributed by atoms with Gasteiger partial charge in [0.05, 0.1) is 6.54 Å². The van der Waals surface area contributed by atoms with Crippen molar-refractivity contribution >= 4 is 24.0 Å². The highest BCUT2D eigenvalue weighted by atomic mass is 35.5. The molecule has 0 bridgehead atoms. The number of halogens is 1. The minimum atomic E-state index is 0. The standard InChI is InChI=1S/C16H25N3O.ClH/c1-3-19(15-7-5-4-6-8-15)16(20)13-18-10-9-14(12-18)11-17-2;/h4-8,14,17H,3,9-13H2,1-2H3;1H. The molecular weight excluding hydrogens is 286 g/mol. The third kappa shape index (κ3) is 4.99. The molecule has 0 saturated carbocycles. The Morgan fingerprint density at radius 3 is 2.71 bits per heavy atom. The fraction of sp³-hybridized carbons (Fsp3) is 0.562. The van der Waals surface area contributed by atoms with E-state index in [1.54, 1.807) is 0 Å². The van der Waals surface area contributed by atoms with E-state index < -0.39 is 0 Å². The number of para-hydroxylation sites is 1. The Morgan fingerprint density at radius 2 is 2.10 bits per heavy atom. The fourth-order valence-electron chi connectivity index (χ4n) is 2.90. The first-order chi connectivity index (χ1) is 9.74. The number of anilines is 1. The zero-order valence-corrected chi connectivity index (χ0v) is 13.7. The maximum atomic E-state index is 12.5. The van der Waals surface area contributed by atoms with E-state index in [0.717, 1.165) is 31.9 Å². The lowest BCUT2D eigenvalue weighted by Gasteiger charge is -2.24. The van der Waals surface area contributed by atoms with Crippen molar-refractivity contribution in [2.24, 2.45) is 5.92 Å². The summed E-state index contributed by atoms with van der Waals surface area (Å²) in [4.78, 5) is 16.6. The number of nitrogens with zero attached hydrogens (tertiary/aromatic N) is 2. The molecular formula is C16H26ClN3O. The van der Waals surface area contributed by atoms with Gasteiger partial charge >= 0.3 is 0 Å². The van der Waals surface area contributed by atoms with Crippen LogP contribution in [0.2, 0.25) is 0 Å². The second-order valence-electron chi connectivity index (χ2n) is 5.42. The first-order valence-electron chi connectivity index (χ1n) is 7.47. The lowest BCUT2D eigenvalue weighted by atomic mass is 10.1. The van der Waals surface area contributed by atoms with Gasteiger partial charge in [0.25, 0.3) is 0 Å². The smallest absolute Gasteiger partial charge is 0.241 e. The van der Waals surface area contributed by atoms with E-state index in [-0.39, 0.29) is 18.3 Å². The van der Waals surface area contributed by atoms with Crippen LogP contribution in [0.15, 0.2) is 30.3 Å². The number of hydrogen-bond acceptors (Lipinski definition) is 3. The molecule has 1 aromatic carbocycles. The number of likely N-dealkylation sites (tertiary alicyclic amines) is 1. The van der Waals surface area contributed by atoms with Crippen LogP contribution in [-0.2, 0) is 4.79 Å². The molecule has 0 aromatic heterocycles. The lowest BCUT2D eigenvalue weighted by molar-refractivity contribution is -0.119. The SMILES string of the molecule is CCN(C(=O)CN1CCC(CNC)C1)c1ccccc1.Cl. The highest BCUT2D eigenvalue weighted by molar-refractivity contribution is 5.94. The van der Waals surface area contributed by atoms with Gasteiger partial charge in [-0.05, 0) is 51.5 Å². The molecule has 21 heavy (non-hydrogen) atoms. The second kappa shape index (κ2) is 9.03. The average molecular weight is 312 g/mol. The van der Waals surface area contributed by atoms with Gasteiger partial charge in [0.2, 0.25) is 5.91 Å². The molecule has 1 aliphatic heterocycles. The van der Waals surface area contributed by atoms with Crippen LogP contribution in [0.25, 0.3) is 0 Å². The van der Waals surface area contributed by atoms with Gasteiger partial charge in [0, 0.05) is 18.8 Å². The maximum absolute atomic E-state index is 12.5. The van der Waals surface area contributed by atoms with Crippen molar-refractivity contribution in [3.05, 3.63) is 30.3 Å². The number of carbonyl (C=O) groups is 1. The van der Waals surface area contributed by atoms with Crippen molar-refractivity contribution in [2.45, 2.75) is 13.3 Å². The highest BCUT2D eigenvalue weighted by Crippen LogP contribution is 2.17. The third-order valence-corrected chi connectivity index (χ3v) is 3.91. The zero-order valence-electron chi connectivity index (χ0n) is 12.9. The molecule has 118 valence electrons. The molecule has 0 aliphatic carbocycles. The topological polar surface area (TPSA) is 35.6 Å². The van der Waals surface area contributed by atoms with Crippen LogP contribution in [0.4, 0.5) is 5.69 Å². The average Bonchev–Trinajstić information content (AvgIpc) is 2.88. The van der Waals surface area contributed by atoms with E-state index in [9.17, 15) is 4.79 Å². The number of hydrogen-bond donors (Lipinski definition) is 1. The van der Waals surface area contributed by atoms with Gasteiger partial charge in [-0.1, -0.05) is 18.2 Å². The summed E-state index contributed by atoms with van der Waals surface area (Å²) in [5, 5.41) is 3.22. The Balaban J connectivity index is 0.00000220. The summed E-state index contributed by atoms with van der Waals surface area (Å²) < 4.78 is 0. The van der Waals surface area contributed by atoms with Crippen LogP contribution in [0, 0.1) is 5.92 Å². The molecule has 1 heterocycles. The number of nitrogens with one attached hydrogen (secondary N) is 1. The summed E-state index contributed by atoms with van der Waals surface area (Å²) in [7, 11) is 1.99. The number of rotatable bonds is 6. The normalized spacial score (nSPS) is 18.3. The Morgan fingerprint density at radius 1 is 1.38 bits per heavy atom. The summed E-state index contributed by atoms with van der Waals surface area (Å²) >= 11 is 0. The zero-order chi connectivity index (χ0) is 14.4. The highest BCUT2D eigenvalue weighted by Gasteiger charge is 2.25. The lowest BCUT2D eigenvalue weighted by Crippen LogP contribution is -2.40. The van der Waals surface area contributed by atoms with Crippen molar-refractivity contribution in [3.8, 4) is 0 Å². The first-order valence-corrected chi connectivity index (χ1v) is 7.47. The van der Waals surface area contributed by atoms with Crippen LogP contribution < -0.4 is 10.2 Å². The summed E-state index contributed by atoms with van der Waals surface area (Å²) in [6, 6.07) is 9.92. The van der Waals surface area contributed by atoms with Gasteiger partial charge in [-0.25, -0.2) is 0 Å². The molecule has 1 atom stereocenters. The van der Waals surface area contributed by atoms with Crippen molar-refractivity contribution in [1.82, 2.24) is 10.2 Å². The second-order valence-corrected chi connectivity index (χ2v) is 5.42. The van der Waals surface area contributed by atoms with E-state index in [1.165, 1.54) is 6.42 Å². The molecule has 1 unspecified atom stereocenters. The van der Waals surface area contributed by atoms with Crippen LogP contribution in [0.3, 0.4) is 0 Å². The molecule has 1 aliphatic rings. The summed E-state index contributed by atoms with van der Waals surface area (Å²) in [6.07, 6.45) is 1.19. The quantitative estimate of drug-likeness (QED) is 0.873. The molecule has 0 radical (unpaired) electrons. The minimum Gasteiger partial charge on any atom is -0.319 e. The Labute approximate surface area is 133 Å². The number of benzene rings is 1. The summed E-state index contributed by atoms with van der Waals surface area (Å²) in [6.45, 7) is 6.38. The first kappa shape index (κ1) is 18.0. The molecule has 5 heteroatoms. The third-order valence-electron chi connectivity index (χ3n) is 3.91. The summed E-state index contributed by atoms with van der Waals surface area (Å²) in [5.41, 5.74) is 0.992. The van der Waals surface area contributed by atoms with E-state index in [4.69, 9.17) is 0 Å². The van der Waals surface area contributed by atoms with E-state index in [1.807, 2.05) is 49.2 Å². The predicted octanol–water partition coefficient (Wildman–Crippen LogP) is 2.00. The Hall–Kier alpha value is -1.10. The molecule has 1 amide bonds. The van der Waals surface area contributed by atoms with Crippen LogP contribution >= 0.6 is 12.4 Å². The molecule has 4 nitrogen and oxygen atoms in total. The minimum absolute atomic E-state index is 0. The van der Waals surface area contributed by atoms with Gasteiger partial charge in [-0.3, -0.25) is 9.69 Å². The maximum Gasteiger partial charge on any atom is 0.241 e. The summed E-state index contributed by atoms with van der Waals surface area (Å²) in [5.74, 6) is 0.878. The van der Waals surface area contributed by atoms with Crippen molar-refractivity contribution in [2.75, 3.05) is 44.7 Å². The number of carbonyl (C=O) groups excluding carboxylic acids is 1. The molecule has 1 saturated heterocycles. The molecule has 1 aromatic rings. The largest absolute Gasteiger partial charge is 0.319 e. The van der Waals surface area contributed by atoms with Gasteiger partial charge < -0.3 is 10.2 Å². The van der Waals surface area contributed by atoms with Crippen molar-refractivity contribution in [1.29, 1.82) is 0 Å². The van der Waals surface area contributed by atoms with Crippen LogP contribution in [-0.4, -0.2) is 50.6 Å². The molecule has 1 N–H and O–H groups in total. The van der Waals surface area contributed by atoms with E-state index in [0.29, 0.717) is 12.5 Å². The van der Waals surface area contributed by atoms with Gasteiger partial charge in [0.15, 0.2) is 0 Å². The number of amides is 1. The Kier molecular flexibility index (Phi) is 7.72. The van der Waals surface area contributed by atoms with Crippen molar-refractivity contribution in [3.63, 3.8) is 0 Å². The molecule has 1 fully saturated rings. The van der Waals surface area contributed by atoms with E-state index in [2.05, 4.69) is 10.2 Å². The fourth-order valence-corrected chi connectivity index (χ4v) is 2.90. The number of likely N-dealkylation sites (N-methyl/N-ethyl adjacent to an activating group) is 1. The van der Waals surface area contributed by atoms with Gasteiger partial charge in [0.1, 0.15) is 0 Å². The molecule has 0 spiro atoms.